The number of hydrogen-bond donors (Lipinski definition) is 0. The van der Waals surface area contributed by atoms with Crippen molar-refractivity contribution < 1.29 is 4.98 Å². The first-order valence-electron chi connectivity index (χ1n) is 2.81. The quantitative estimate of drug-likeness (QED) is 0.250. The molecule has 54 valence electrons. The van der Waals surface area contributed by atoms with Crippen molar-refractivity contribution in [2.75, 3.05) is 13.1 Å². The third-order valence-corrected chi connectivity index (χ3v) is 1.04. The molecule has 0 radical (unpaired) electrons. The molecule has 0 saturated heterocycles. The Morgan fingerprint density at radius 1 is 1.40 bits per heavy atom. The fourth-order valence-electron chi connectivity index (χ4n) is 0.517. The number of hydrogen-bond acceptors (Lipinski definition) is 2. The van der Waals surface area contributed by atoms with Gasteiger partial charge in [0.2, 0.25) is 0 Å². The molecular formula is C4H11N3NaO2+. The Bertz CT molecular complexity index is 115. The van der Waals surface area contributed by atoms with Crippen LogP contribution in [0, 0.1) is 9.81 Å². The van der Waals surface area contributed by atoms with Crippen molar-refractivity contribution in [1.82, 2.24) is 5.01 Å². The zero-order valence-electron chi connectivity index (χ0n) is 5.57. The van der Waals surface area contributed by atoms with Crippen LogP contribution in [0.3, 0.4) is 0 Å². The topological polar surface area (TPSA) is 52.8 Å². The van der Waals surface area contributed by atoms with Crippen LogP contribution in [-0.2, 0) is 0 Å². The maximum absolute atomic E-state index is 10.3. The summed E-state index contributed by atoms with van der Waals surface area (Å²) in [6.07, 6.45) is 0. The number of rotatable bonds is 4. The zero-order chi connectivity index (χ0) is 7.28. The Hall–Kier alpha value is 0. The minimum absolute atomic E-state index is 0. The number of nitrogens with zero attached hydrogens (tertiary/aromatic N) is 3. The molecule has 0 N–H and O–H groups in total. The van der Waals surface area contributed by atoms with E-state index < -0.39 is 0 Å². The SMILES string of the molecule is CCN(CC)[N+](=O)N=O.[NaH]. The summed E-state index contributed by atoms with van der Waals surface area (Å²) in [5, 5.41) is 3.46. The van der Waals surface area contributed by atoms with Crippen LogP contribution in [0.5, 0.6) is 0 Å². The summed E-state index contributed by atoms with van der Waals surface area (Å²) < 4.78 is 0. The van der Waals surface area contributed by atoms with E-state index in [4.69, 9.17) is 0 Å². The van der Waals surface area contributed by atoms with Crippen molar-refractivity contribution >= 4 is 29.6 Å². The normalized spacial score (nSPS) is 7.80. The van der Waals surface area contributed by atoms with Gasteiger partial charge >= 0.3 is 39.8 Å². The Morgan fingerprint density at radius 2 is 1.80 bits per heavy atom. The van der Waals surface area contributed by atoms with Crippen molar-refractivity contribution in [2.24, 2.45) is 5.29 Å². The minimum atomic E-state index is 0. The third-order valence-electron chi connectivity index (χ3n) is 1.04. The molecule has 0 spiro atoms. The van der Waals surface area contributed by atoms with Gasteiger partial charge in [0.15, 0.2) is 0 Å². The average Bonchev–Trinajstić information content (AvgIpc) is 1.90. The molecule has 0 aromatic heterocycles. The number of nitroso groups, excluding NO2 is 2. The molecule has 6 heteroatoms. The average molecular weight is 156 g/mol. The van der Waals surface area contributed by atoms with E-state index in [1.807, 2.05) is 0 Å². The molecule has 0 fully saturated rings. The van der Waals surface area contributed by atoms with Crippen molar-refractivity contribution in [1.29, 1.82) is 0 Å². The van der Waals surface area contributed by atoms with Gasteiger partial charge in [-0.15, -0.1) is 5.01 Å². The van der Waals surface area contributed by atoms with Crippen LogP contribution < -0.4 is 0 Å². The van der Waals surface area contributed by atoms with Gasteiger partial charge in [-0.1, -0.05) is 4.91 Å². The number of hydrazine groups is 1. The predicted molar refractivity (Wildman–Crippen MR) is 39.5 cm³/mol. The van der Waals surface area contributed by atoms with E-state index >= 15 is 0 Å². The molecule has 0 unspecified atom stereocenters. The second-order valence-electron chi connectivity index (χ2n) is 1.47. The molecule has 10 heavy (non-hydrogen) atoms. The zero-order valence-corrected chi connectivity index (χ0v) is 5.57. The molecule has 0 heterocycles. The third kappa shape index (κ3) is 3.92. The molecule has 0 bridgehead atoms. The summed E-state index contributed by atoms with van der Waals surface area (Å²) in [5.74, 6) is 0. The van der Waals surface area contributed by atoms with Gasteiger partial charge in [0.25, 0.3) is 0 Å². The second-order valence-corrected chi connectivity index (χ2v) is 1.47. The summed E-state index contributed by atoms with van der Waals surface area (Å²) in [6, 6.07) is 0. The first-order valence-corrected chi connectivity index (χ1v) is 2.81. The first kappa shape index (κ1) is 12.7. The summed E-state index contributed by atoms with van der Waals surface area (Å²) in [4.78, 5) is 20.0. The molecule has 0 rings (SSSR count). The van der Waals surface area contributed by atoms with E-state index in [-0.39, 0.29) is 34.5 Å². The monoisotopic (exact) mass is 156 g/mol. The van der Waals surface area contributed by atoms with Crippen LogP contribution in [-0.4, -0.2) is 52.6 Å². The van der Waals surface area contributed by atoms with Crippen LogP contribution in [0.15, 0.2) is 5.29 Å². The molecule has 5 nitrogen and oxygen atoms in total. The van der Waals surface area contributed by atoms with Crippen LogP contribution in [0.1, 0.15) is 13.8 Å². The van der Waals surface area contributed by atoms with E-state index in [1.165, 1.54) is 5.01 Å². The van der Waals surface area contributed by atoms with Gasteiger partial charge in [0, 0.05) is 0 Å². The molecule has 0 aliphatic carbocycles. The van der Waals surface area contributed by atoms with Gasteiger partial charge < -0.3 is 0 Å². The maximum atomic E-state index is 10.3. The Morgan fingerprint density at radius 3 is 1.90 bits per heavy atom. The second kappa shape index (κ2) is 7.11. The molecule has 0 saturated carbocycles. The molecule has 0 aromatic rings. The molecule has 0 aromatic carbocycles. The van der Waals surface area contributed by atoms with Crippen LogP contribution in [0.2, 0.25) is 0 Å². The fourth-order valence-corrected chi connectivity index (χ4v) is 0.517. The van der Waals surface area contributed by atoms with Crippen molar-refractivity contribution in [2.45, 2.75) is 13.8 Å². The van der Waals surface area contributed by atoms with E-state index in [9.17, 15) is 9.81 Å². The van der Waals surface area contributed by atoms with E-state index in [0.717, 1.165) is 0 Å². The summed E-state index contributed by atoms with van der Waals surface area (Å²) in [5.41, 5.74) is 0. The fraction of sp³-hybridized carbons (Fsp3) is 1.00. The van der Waals surface area contributed by atoms with Gasteiger partial charge in [-0.3, -0.25) is 0 Å². The summed E-state index contributed by atoms with van der Waals surface area (Å²) in [7, 11) is 0. The molecule has 0 aliphatic heterocycles. The Labute approximate surface area is 81.5 Å². The van der Waals surface area contributed by atoms with E-state index in [2.05, 4.69) is 5.29 Å². The Kier molecular flexibility index (Phi) is 9.00. The molecular weight excluding hydrogens is 145 g/mol. The molecule has 0 aliphatic rings. The van der Waals surface area contributed by atoms with E-state index in [0.29, 0.717) is 13.1 Å². The van der Waals surface area contributed by atoms with Gasteiger partial charge in [0.1, 0.15) is 0 Å². The predicted octanol–water partition coefficient (Wildman–Crippen LogP) is 0.0550. The van der Waals surface area contributed by atoms with Gasteiger partial charge in [0.05, 0.1) is 18.0 Å². The van der Waals surface area contributed by atoms with Crippen molar-refractivity contribution in [3.8, 4) is 0 Å². The summed E-state index contributed by atoms with van der Waals surface area (Å²) >= 11 is 0. The molecule has 0 atom stereocenters. The van der Waals surface area contributed by atoms with Crippen LogP contribution >= 0.6 is 0 Å². The molecule has 0 amide bonds. The van der Waals surface area contributed by atoms with Crippen molar-refractivity contribution in [3.63, 3.8) is 0 Å². The van der Waals surface area contributed by atoms with E-state index in [1.54, 1.807) is 13.8 Å². The first-order chi connectivity index (χ1) is 4.26. The standard InChI is InChI=1S/C4H10N3O2.Na.H/c1-3-6(4-2)7(9)5-8;;/h3-4H2,1-2H3;;/q+1;;. The Balaban J connectivity index is 0. The van der Waals surface area contributed by atoms with Crippen LogP contribution in [0.4, 0.5) is 0 Å². The van der Waals surface area contributed by atoms with Crippen molar-refractivity contribution in [3.05, 3.63) is 9.81 Å². The summed E-state index contributed by atoms with van der Waals surface area (Å²) in [6.45, 7) is 4.57. The van der Waals surface area contributed by atoms with Crippen LogP contribution in [0.25, 0.3) is 0 Å². The van der Waals surface area contributed by atoms with Gasteiger partial charge in [-0.25, -0.2) is 0 Å². The van der Waals surface area contributed by atoms with Gasteiger partial charge in [-0.2, -0.15) is 0 Å². The van der Waals surface area contributed by atoms with Gasteiger partial charge in [-0.05, 0) is 13.8 Å².